The lowest BCUT2D eigenvalue weighted by Gasteiger charge is -2.18. The van der Waals surface area contributed by atoms with Crippen molar-refractivity contribution in [1.82, 2.24) is 0 Å². The quantitative estimate of drug-likeness (QED) is 0.679. The first kappa shape index (κ1) is 9.71. The third-order valence-corrected chi connectivity index (χ3v) is 2.57. The molecule has 0 fully saturated rings. The zero-order chi connectivity index (χ0) is 11.0. The van der Waals surface area contributed by atoms with Crippen molar-refractivity contribution in [3.63, 3.8) is 0 Å². The van der Waals surface area contributed by atoms with Crippen molar-refractivity contribution in [2.75, 3.05) is 11.4 Å². The first-order chi connectivity index (χ1) is 7.15. The number of rotatable bonds is 2. The van der Waals surface area contributed by atoms with E-state index in [9.17, 15) is 14.7 Å². The molecule has 2 rings (SSSR count). The van der Waals surface area contributed by atoms with Gasteiger partial charge in [0.2, 0.25) is 5.91 Å². The Morgan fingerprint density at radius 1 is 1.53 bits per heavy atom. The van der Waals surface area contributed by atoms with Gasteiger partial charge in [-0.25, -0.2) is 0 Å². The van der Waals surface area contributed by atoms with Gasteiger partial charge in [-0.3, -0.25) is 4.79 Å². The fraction of sp³-hybridized carbons (Fsp3) is 0.273. The Bertz CT molecular complexity index is 439. The molecule has 15 heavy (non-hydrogen) atoms. The van der Waals surface area contributed by atoms with Gasteiger partial charge in [-0.15, -0.1) is 0 Å². The van der Waals surface area contributed by atoms with Gasteiger partial charge in [0.05, 0.1) is 18.1 Å². The van der Waals surface area contributed by atoms with Crippen molar-refractivity contribution in [3.05, 3.63) is 29.3 Å². The minimum atomic E-state index is -1.24. The summed E-state index contributed by atoms with van der Waals surface area (Å²) in [7, 11) is 0. The number of nitrogens with zero attached hydrogens (tertiary/aromatic N) is 1. The fourth-order valence-corrected chi connectivity index (χ4v) is 1.93. The van der Waals surface area contributed by atoms with Crippen molar-refractivity contribution in [1.29, 1.82) is 0 Å². The Balaban J connectivity index is 2.60. The lowest BCUT2D eigenvalue weighted by Crippen LogP contribution is -2.30. The largest absolute Gasteiger partial charge is 0.545 e. The molecule has 0 aromatic heterocycles. The maximum absolute atomic E-state index is 11.5. The fourth-order valence-electron chi connectivity index (χ4n) is 1.93. The molecule has 1 aliphatic rings. The number of carboxylic acids is 1. The number of carbonyl (C=O) groups is 2. The second-order valence-electron chi connectivity index (χ2n) is 3.42. The second-order valence-corrected chi connectivity index (χ2v) is 3.42. The number of fused-ring (bicyclic) bond motifs is 1. The van der Waals surface area contributed by atoms with Gasteiger partial charge in [-0.2, -0.15) is 0 Å². The third-order valence-electron chi connectivity index (χ3n) is 2.57. The van der Waals surface area contributed by atoms with E-state index in [1.807, 2.05) is 6.92 Å². The van der Waals surface area contributed by atoms with Crippen LogP contribution in [0.15, 0.2) is 18.2 Å². The predicted octanol–water partition coefficient (Wildman–Crippen LogP) is -0.0409. The van der Waals surface area contributed by atoms with Crippen molar-refractivity contribution >= 4 is 17.6 Å². The topological polar surface area (TPSA) is 60.4 Å². The summed E-state index contributed by atoms with van der Waals surface area (Å²) in [5.41, 5.74) is 1.37. The highest BCUT2D eigenvalue weighted by Gasteiger charge is 2.28. The molecule has 0 aliphatic carbocycles. The first-order valence-corrected chi connectivity index (χ1v) is 4.78. The molecule has 0 radical (unpaired) electrons. The van der Waals surface area contributed by atoms with E-state index >= 15 is 0 Å². The van der Waals surface area contributed by atoms with E-state index in [1.165, 1.54) is 11.0 Å². The molecule has 0 saturated heterocycles. The van der Waals surface area contributed by atoms with Crippen LogP contribution in [0.2, 0.25) is 0 Å². The molecule has 0 saturated carbocycles. The Morgan fingerprint density at radius 2 is 2.27 bits per heavy atom. The summed E-state index contributed by atoms with van der Waals surface area (Å²) in [4.78, 5) is 23.9. The van der Waals surface area contributed by atoms with E-state index in [1.54, 1.807) is 12.1 Å². The molecule has 1 aliphatic heterocycles. The Hall–Kier alpha value is -1.84. The summed E-state index contributed by atoms with van der Waals surface area (Å²) in [6.07, 6.45) is 0.282. The third kappa shape index (κ3) is 1.38. The van der Waals surface area contributed by atoms with Crippen molar-refractivity contribution in [3.8, 4) is 0 Å². The van der Waals surface area contributed by atoms with Crippen LogP contribution in [0.1, 0.15) is 22.8 Å². The summed E-state index contributed by atoms with van der Waals surface area (Å²) in [6, 6.07) is 4.88. The number of aromatic carboxylic acids is 1. The number of likely N-dealkylation sites (N-methyl/N-ethyl adjacent to an activating group) is 1. The van der Waals surface area contributed by atoms with Crippen LogP contribution >= 0.6 is 0 Å². The van der Waals surface area contributed by atoms with Crippen LogP contribution in [0.3, 0.4) is 0 Å². The number of amides is 1. The number of anilines is 1. The average molecular weight is 204 g/mol. The van der Waals surface area contributed by atoms with E-state index in [4.69, 9.17) is 0 Å². The summed E-state index contributed by atoms with van der Waals surface area (Å²) in [6.45, 7) is 2.30. The number of benzene rings is 1. The molecule has 4 heteroatoms. The molecule has 0 spiro atoms. The van der Waals surface area contributed by atoms with Crippen LogP contribution in [-0.4, -0.2) is 18.4 Å². The highest BCUT2D eigenvalue weighted by atomic mass is 16.4. The van der Waals surface area contributed by atoms with E-state index in [0.29, 0.717) is 12.2 Å². The van der Waals surface area contributed by atoms with E-state index < -0.39 is 5.97 Å². The predicted molar refractivity (Wildman–Crippen MR) is 52.5 cm³/mol. The van der Waals surface area contributed by atoms with Gasteiger partial charge in [0.1, 0.15) is 0 Å². The summed E-state index contributed by atoms with van der Waals surface area (Å²) in [5.74, 6) is -1.29. The lowest BCUT2D eigenvalue weighted by molar-refractivity contribution is -0.254. The normalized spacial score (nSPS) is 14.2. The SMILES string of the molecule is CCN1C(=O)Cc2cccc(C(=O)[O-])c21. The zero-order valence-electron chi connectivity index (χ0n) is 8.32. The minimum Gasteiger partial charge on any atom is -0.545 e. The maximum atomic E-state index is 11.5. The molecular formula is C11H10NO3-. The lowest BCUT2D eigenvalue weighted by atomic mass is 10.1. The van der Waals surface area contributed by atoms with Crippen LogP contribution in [0.25, 0.3) is 0 Å². The second kappa shape index (κ2) is 3.38. The van der Waals surface area contributed by atoms with Gasteiger partial charge in [0, 0.05) is 12.1 Å². The van der Waals surface area contributed by atoms with Gasteiger partial charge in [0.25, 0.3) is 0 Å². The Morgan fingerprint density at radius 3 is 2.87 bits per heavy atom. The monoisotopic (exact) mass is 204 g/mol. The highest BCUT2D eigenvalue weighted by Crippen LogP contribution is 2.31. The summed E-state index contributed by atoms with van der Waals surface area (Å²) < 4.78 is 0. The molecule has 1 amide bonds. The molecule has 0 unspecified atom stereocenters. The van der Waals surface area contributed by atoms with Crippen LogP contribution in [-0.2, 0) is 11.2 Å². The molecule has 1 aromatic carbocycles. The summed E-state index contributed by atoms with van der Waals surface area (Å²) in [5, 5.41) is 10.9. The van der Waals surface area contributed by atoms with Crippen molar-refractivity contribution < 1.29 is 14.7 Å². The number of carboxylic acid groups (broad SMARTS) is 1. The van der Waals surface area contributed by atoms with Crippen LogP contribution in [0, 0.1) is 0 Å². The summed E-state index contributed by atoms with van der Waals surface area (Å²) >= 11 is 0. The number of carbonyl (C=O) groups excluding carboxylic acids is 2. The number of hydrogen-bond donors (Lipinski definition) is 0. The average Bonchev–Trinajstić information content (AvgIpc) is 2.52. The molecule has 0 bridgehead atoms. The molecule has 0 atom stereocenters. The van der Waals surface area contributed by atoms with Gasteiger partial charge < -0.3 is 14.8 Å². The van der Waals surface area contributed by atoms with Gasteiger partial charge >= 0.3 is 0 Å². The van der Waals surface area contributed by atoms with E-state index in [2.05, 4.69) is 0 Å². The van der Waals surface area contributed by atoms with Crippen LogP contribution in [0.4, 0.5) is 5.69 Å². The number of hydrogen-bond acceptors (Lipinski definition) is 3. The number of para-hydroxylation sites is 1. The van der Waals surface area contributed by atoms with Gasteiger partial charge in [0.15, 0.2) is 0 Å². The zero-order valence-corrected chi connectivity index (χ0v) is 8.32. The van der Waals surface area contributed by atoms with Gasteiger partial charge in [-0.1, -0.05) is 18.2 Å². The maximum Gasteiger partial charge on any atom is 0.231 e. The van der Waals surface area contributed by atoms with E-state index in [0.717, 1.165) is 5.56 Å². The standard InChI is InChI=1S/C11H11NO3/c1-2-12-9(13)6-7-4-3-5-8(10(7)12)11(14)15/h3-5H,2,6H2,1H3,(H,14,15)/p-1. The molecule has 78 valence electrons. The van der Waals surface area contributed by atoms with Gasteiger partial charge in [-0.05, 0) is 12.5 Å². The highest BCUT2D eigenvalue weighted by molar-refractivity contribution is 6.07. The Labute approximate surface area is 87.1 Å². The van der Waals surface area contributed by atoms with Crippen LogP contribution < -0.4 is 10.0 Å². The molecule has 1 aromatic rings. The molecular weight excluding hydrogens is 194 g/mol. The van der Waals surface area contributed by atoms with Crippen molar-refractivity contribution in [2.24, 2.45) is 0 Å². The first-order valence-electron chi connectivity index (χ1n) is 4.78. The van der Waals surface area contributed by atoms with Crippen LogP contribution in [0.5, 0.6) is 0 Å². The molecule has 4 nitrogen and oxygen atoms in total. The molecule has 1 heterocycles. The Kier molecular flexibility index (Phi) is 2.19. The minimum absolute atomic E-state index is 0.0544. The molecule has 0 N–H and O–H groups in total. The van der Waals surface area contributed by atoms with E-state index in [-0.39, 0.29) is 17.9 Å². The smallest absolute Gasteiger partial charge is 0.231 e. The van der Waals surface area contributed by atoms with Crippen molar-refractivity contribution in [2.45, 2.75) is 13.3 Å².